The highest BCUT2D eigenvalue weighted by Gasteiger charge is 2.39. The Morgan fingerprint density at radius 1 is 1.23 bits per heavy atom. The van der Waals surface area contributed by atoms with E-state index >= 15 is 0 Å². The third-order valence-corrected chi connectivity index (χ3v) is 6.83. The zero-order valence-electron chi connectivity index (χ0n) is 17.9. The molecule has 2 aliphatic rings. The molecule has 5 nitrogen and oxygen atoms in total. The van der Waals surface area contributed by atoms with Crippen LogP contribution in [0.15, 0.2) is 48.5 Å². The van der Waals surface area contributed by atoms with Crippen LogP contribution in [-0.2, 0) is 16.0 Å². The number of hydrogen-bond acceptors (Lipinski definition) is 3. The molecule has 0 spiro atoms. The van der Waals surface area contributed by atoms with Gasteiger partial charge in [-0.1, -0.05) is 41.9 Å². The minimum absolute atomic E-state index is 0.0500. The first kappa shape index (κ1) is 21.7. The average molecular weight is 441 g/mol. The summed E-state index contributed by atoms with van der Waals surface area (Å²) in [5.41, 5.74) is 1.81. The molecule has 0 aliphatic carbocycles. The minimum Gasteiger partial charge on any atom is -0.496 e. The molecule has 0 aromatic heterocycles. The van der Waals surface area contributed by atoms with Gasteiger partial charge in [-0.25, -0.2) is 0 Å². The Balaban J connectivity index is 1.46. The molecule has 0 bridgehead atoms. The predicted octanol–water partition coefficient (Wildman–Crippen LogP) is 4.68. The molecule has 2 amide bonds. The number of carbonyl (C=O) groups excluding carboxylic acids is 2. The lowest BCUT2D eigenvalue weighted by atomic mass is 9.85. The second-order valence-electron chi connectivity index (χ2n) is 8.62. The molecule has 2 aliphatic heterocycles. The van der Waals surface area contributed by atoms with E-state index in [1.165, 1.54) is 0 Å². The van der Waals surface area contributed by atoms with E-state index in [4.69, 9.17) is 16.3 Å². The summed E-state index contributed by atoms with van der Waals surface area (Å²) in [6.07, 6.45) is 4.95. The molecule has 0 unspecified atom stereocenters. The van der Waals surface area contributed by atoms with Crippen molar-refractivity contribution in [3.8, 4) is 5.75 Å². The maximum Gasteiger partial charge on any atom is 0.223 e. The highest BCUT2D eigenvalue weighted by molar-refractivity contribution is 6.30. The van der Waals surface area contributed by atoms with Gasteiger partial charge in [0.1, 0.15) is 5.75 Å². The van der Waals surface area contributed by atoms with E-state index in [1.54, 1.807) is 7.11 Å². The van der Waals surface area contributed by atoms with Crippen molar-refractivity contribution in [1.29, 1.82) is 0 Å². The molecular formula is C25H29ClN2O3. The summed E-state index contributed by atoms with van der Waals surface area (Å²) >= 11 is 6.02. The Morgan fingerprint density at radius 3 is 2.71 bits per heavy atom. The lowest BCUT2D eigenvalue weighted by molar-refractivity contribution is -0.132. The molecule has 0 radical (unpaired) electrons. The first-order valence-corrected chi connectivity index (χ1v) is 11.4. The molecule has 31 heavy (non-hydrogen) atoms. The number of methoxy groups -OCH3 is 1. The van der Waals surface area contributed by atoms with Gasteiger partial charge in [-0.2, -0.15) is 0 Å². The molecule has 2 atom stereocenters. The second-order valence-corrected chi connectivity index (χ2v) is 9.06. The summed E-state index contributed by atoms with van der Waals surface area (Å²) in [6, 6.07) is 15.7. The van der Waals surface area contributed by atoms with Crippen LogP contribution in [0.25, 0.3) is 0 Å². The van der Waals surface area contributed by atoms with Crippen LogP contribution in [0.1, 0.15) is 55.7 Å². The number of nitrogens with zero attached hydrogens (tertiary/aromatic N) is 1. The van der Waals surface area contributed by atoms with Crippen molar-refractivity contribution >= 4 is 23.4 Å². The molecule has 2 aromatic rings. The number of likely N-dealkylation sites (tertiary alicyclic amines) is 1. The summed E-state index contributed by atoms with van der Waals surface area (Å²) in [7, 11) is 1.67. The van der Waals surface area contributed by atoms with E-state index in [2.05, 4.69) is 5.32 Å². The molecular weight excluding hydrogens is 412 g/mol. The van der Waals surface area contributed by atoms with Crippen molar-refractivity contribution in [2.24, 2.45) is 0 Å². The maximum atomic E-state index is 13.3. The Morgan fingerprint density at radius 2 is 2.00 bits per heavy atom. The molecule has 6 heteroatoms. The number of para-hydroxylation sites is 1. The number of amides is 2. The van der Waals surface area contributed by atoms with Gasteiger partial charge in [-0.05, 0) is 55.9 Å². The second kappa shape index (κ2) is 9.31. The fourth-order valence-electron chi connectivity index (χ4n) is 5.00. The largest absolute Gasteiger partial charge is 0.496 e. The Labute approximate surface area is 188 Å². The first-order valence-electron chi connectivity index (χ1n) is 11.0. The van der Waals surface area contributed by atoms with Crippen LogP contribution in [0.3, 0.4) is 0 Å². The molecule has 2 saturated heterocycles. The molecule has 4 rings (SSSR count). The van der Waals surface area contributed by atoms with E-state index in [0.29, 0.717) is 30.7 Å². The van der Waals surface area contributed by atoms with Crippen molar-refractivity contribution in [3.05, 3.63) is 64.7 Å². The number of benzene rings is 2. The van der Waals surface area contributed by atoms with E-state index in [1.807, 2.05) is 53.4 Å². The van der Waals surface area contributed by atoms with E-state index < -0.39 is 0 Å². The highest BCUT2D eigenvalue weighted by atomic mass is 35.5. The van der Waals surface area contributed by atoms with Gasteiger partial charge in [-0.15, -0.1) is 0 Å². The van der Waals surface area contributed by atoms with E-state index in [9.17, 15) is 9.59 Å². The van der Waals surface area contributed by atoms with Crippen LogP contribution < -0.4 is 10.1 Å². The van der Waals surface area contributed by atoms with Gasteiger partial charge in [0.25, 0.3) is 0 Å². The summed E-state index contributed by atoms with van der Waals surface area (Å²) in [4.78, 5) is 27.3. The Kier molecular flexibility index (Phi) is 6.51. The summed E-state index contributed by atoms with van der Waals surface area (Å²) in [5, 5.41) is 3.87. The van der Waals surface area contributed by atoms with Gasteiger partial charge in [0, 0.05) is 35.5 Å². The minimum atomic E-state index is -0.375. The normalized spacial score (nSPS) is 23.1. The number of ether oxygens (including phenoxy) is 1. The van der Waals surface area contributed by atoms with Gasteiger partial charge >= 0.3 is 0 Å². The smallest absolute Gasteiger partial charge is 0.223 e. The van der Waals surface area contributed by atoms with Crippen molar-refractivity contribution in [1.82, 2.24) is 10.2 Å². The van der Waals surface area contributed by atoms with Crippen LogP contribution in [-0.4, -0.2) is 35.9 Å². The molecule has 2 aromatic carbocycles. The first-order chi connectivity index (χ1) is 15.0. The van der Waals surface area contributed by atoms with Crippen LogP contribution >= 0.6 is 11.6 Å². The predicted molar refractivity (Wildman–Crippen MR) is 121 cm³/mol. The van der Waals surface area contributed by atoms with Gasteiger partial charge in [0.05, 0.1) is 13.2 Å². The van der Waals surface area contributed by atoms with Crippen LogP contribution in [0.2, 0.25) is 5.02 Å². The fourth-order valence-corrected chi connectivity index (χ4v) is 5.12. The fraction of sp³-hybridized carbons (Fsp3) is 0.440. The number of rotatable bonds is 7. The average Bonchev–Trinajstić information content (AvgIpc) is 3.41. The van der Waals surface area contributed by atoms with Crippen LogP contribution in [0.4, 0.5) is 0 Å². The van der Waals surface area contributed by atoms with Gasteiger partial charge in [0.2, 0.25) is 11.8 Å². The van der Waals surface area contributed by atoms with Crippen molar-refractivity contribution in [2.45, 2.75) is 56.5 Å². The molecule has 164 valence electrons. The Bertz CT molecular complexity index is 946. The lowest BCUT2D eigenvalue weighted by Gasteiger charge is -2.31. The number of hydrogen-bond donors (Lipinski definition) is 1. The topological polar surface area (TPSA) is 58.6 Å². The van der Waals surface area contributed by atoms with E-state index in [0.717, 1.165) is 42.7 Å². The third kappa shape index (κ3) is 4.87. The SMILES string of the molecule is COc1ccccc1[C@@H]1CCCN1C(=O)CC[C@]1(Cc2ccc(Cl)cc2)CCC(=O)N1. The standard InChI is InChI=1S/C25H29ClN2O3/c1-31-22-7-3-2-5-20(22)21-6-4-16-28(21)24(30)13-15-25(14-12-23(29)27-25)17-18-8-10-19(26)11-9-18/h2-3,5,7-11,21H,4,6,12-17H2,1H3,(H,27,29)/t21-,25-/m0/s1. The zero-order chi connectivity index (χ0) is 21.8. The van der Waals surface area contributed by atoms with Gasteiger partial charge < -0.3 is 15.0 Å². The summed E-state index contributed by atoms with van der Waals surface area (Å²) in [5.74, 6) is 1.04. The number of halogens is 1. The lowest BCUT2D eigenvalue weighted by Crippen LogP contribution is -2.45. The number of nitrogens with one attached hydrogen (secondary N) is 1. The maximum absolute atomic E-state index is 13.3. The van der Waals surface area contributed by atoms with Crippen molar-refractivity contribution in [2.75, 3.05) is 13.7 Å². The van der Waals surface area contributed by atoms with Gasteiger partial charge in [-0.3, -0.25) is 9.59 Å². The quantitative estimate of drug-likeness (QED) is 0.679. The molecule has 1 N–H and O–H groups in total. The Hall–Kier alpha value is -2.53. The third-order valence-electron chi connectivity index (χ3n) is 6.58. The highest BCUT2D eigenvalue weighted by Crippen LogP contribution is 2.38. The monoisotopic (exact) mass is 440 g/mol. The van der Waals surface area contributed by atoms with Crippen molar-refractivity contribution in [3.63, 3.8) is 0 Å². The van der Waals surface area contributed by atoms with Crippen LogP contribution in [0.5, 0.6) is 5.75 Å². The van der Waals surface area contributed by atoms with Crippen molar-refractivity contribution < 1.29 is 14.3 Å². The number of carbonyl (C=O) groups is 2. The zero-order valence-corrected chi connectivity index (χ0v) is 18.7. The summed E-state index contributed by atoms with van der Waals surface area (Å²) < 4.78 is 5.53. The van der Waals surface area contributed by atoms with E-state index in [-0.39, 0.29) is 23.4 Å². The molecule has 0 saturated carbocycles. The molecule has 2 fully saturated rings. The molecule has 2 heterocycles. The van der Waals surface area contributed by atoms with Gasteiger partial charge in [0.15, 0.2) is 0 Å². The summed E-state index contributed by atoms with van der Waals surface area (Å²) in [6.45, 7) is 0.762. The van der Waals surface area contributed by atoms with Crippen LogP contribution in [0, 0.1) is 0 Å².